The van der Waals surface area contributed by atoms with E-state index in [-0.39, 0.29) is 24.3 Å². The second-order valence-electron chi connectivity index (χ2n) is 9.48. The van der Waals surface area contributed by atoms with Gasteiger partial charge in [0.05, 0.1) is 12.2 Å². The van der Waals surface area contributed by atoms with Crippen molar-refractivity contribution in [3.8, 4) is 16.9 Å². The Labute approximate surface area is 211 Å². The van der Waals surface area contributed by atoms with Crippen molar-refractivity contribution in [2.24, 2.45) is 5.92 Å². The molecule has 35 heavy (non-hydrogen) atoms. The molecule has 3 aromatic rings. The first-order chi connectivity index (χ1) is 16.7. The molecule has 0 spiro atoms. The van der Waals surface area contributed by atoms with Crippen LogP contribution in [0, 0.1) is 19.8 Å². The zero-order valence-electron chi connectivity index (χ0n) is 20.7. The number of aromatic nitrogens is 2. The molecule has 0 radical (unpaired) electrons. The molecule has 1 saturated carbocycles. The van der Waals surface area contributed by atoms with Crippen LogP contribution in [-0.4, -0.2) is 64.9 Å². The van der Waals surface area contributed by atoms with Gasteiger partial charge in [-0.1, -0.05) is 29.8 Å². The van der Waals surface area contributed by atoms with Gasteiger partial charge >= 0.3 is 0 Å². The van der Waals surface area contributed by atoms with Gasteiger partial charge in [0, 0.05) is 41.5 Å². The van der Waals surface area contributed by atoms with Crippen LogP contribution in [0.25, 0.3) is 16.9 Å². The van der Waals surface area contributed by atoms with Gasteiger partial charge in [-0.3, -0.25) is 19.5 Å². The molecule has 0 atom stereocenters. The molecule has 1 fully saturated rings. The van der Waals surface area contributed by atoms with E-state index in [2.05, 4.69) is 31.3 Å². The van der Waals surface area contributed by atoms with Crippen LogP contribution in [0.4, 0.5) is 5.95 Å². The van der Waals surface area contributed by atoms with E-state index in [1.54, 1.807) is 4.90 Å². The van der Waals surface area contributed by atoms with Crippen LogP contribution in [0.5, 0.6) is 0 Å². The summed E-state index contributed by atoms with van der Waals surface area (Å²) in [7, 11) is 3.91. The lowest BCUT2D eigenvalue weighted by Crippen LogP contribution is -2.42. The largest absolute Gasteiger partial charge is 0.332 e. The van der Waals surface area contributed by atoms with Gasteiger partial charge < -0.3 is 9.80 Å². The Hall–Kier alpha value is -3.16. The Morgan fingerprint density at radius 3 is 2.40 bits per heavy atom. The number of rotatable bonds is 9. The van der Waals surface area contributed by atoms with Crippen LogP contribution in [-0.2, 0) is 9.59 Å². The fourth-order valence-electron chi connectivity index (χ4n) is 3.81. The number of nitrogens with zero attached hydrogens (tertiary/aromatic N) is 4. The summed E-state index contributed by atoms with van der Waals surface area (Å²) in [5.41, 5.74) is 4.84. The number of amides is 2. The minimum atomic E-state index is -0.268. The van der Waals surface area contributed by atoms with Crippen molar-refractivity contribution in [3.05, 3.63) is 64.8 Å². The molecule has 8 heteroatoms. The number of aryl methyl sites for hydroxylation is 2. The molecule has 0 saturated heterocycles. The van der Waals surface area contributed by atoms with Crippen molar-refractivity contribution in [1.82, 2.24) is 19.4 Å². The lowest BCUT2D eigenvalue weighted by molar-refractivity contribution is -0.136. The van der Waals surface area contributed by atoms with Crippen LogP contribution in [0.3, 0.4) is 0 Å². The normalized spacial score (nSPS) is 13.2. The highest BCUT2D eigenvalue weighted by atomic mass is 35.5. The number of hydrogen-bond acceptors (Lipinski definition) is 4. The predicted molar refractivity (Wildman–Crippen MR) is 140 cm³/mol. The average Bonchev–Trinajstić information content (AvgIpc) is 3.59. The summed E-state index contributed by atoms with van der Waals surface area (Å²) < 4.78 is 1.88. The fraction of sp³-hybridized carbons (Fsp3) is 0.370. The smallest absolute Gasteiger partial charge is 0.246 e. The molecule has 0 aliphatic heterocycles. The van der Waals surface area contributed by atoms with Gasteiger partial charge in [0.25, 0.3) is 0 Å². The van der Waals surface area contributed by atoms with Gasteiger partial charge in [0.15, 0.2) is 0 Å². The number of anilines is 1. The summed E-state index contributed by atoms with van der Waals surface area (Å²) in [6, 6.07) is 13.6. The van der Waals surface area contributed by atoms with Crippen molar-refractivity contribution in [2.45, 2.75) is 26.7 Å². The van der Waals surface area contributed by atoms with Crippen molar-refractivity contribution in [1.29, 1.82) is 0 Å². The number of halogens is 1. The third-order valence-corrected chi connectivity index (χ3v) is 6.51. The third-order valence-electron chi connectivity index (χ3n) is 6.26. The molecule has 0 unspecified atom stereocenters. The lowest BCUT2D eigenvalue weighted by Gasteiger charge is -2.24. The van der Waals surface area contributed by atoms with Gasteiger partial charge in [-0.25, -0.2) is 4.98 Å². The number of nitrogens with one attached hydrogen (secondary N) is 1. The molecule has 1 aliphatic rings. The van der Waals surface area contributed by atoms with Crippen LogP contribution in [0.15, 0.2) is 48.7 Å². The molecular weight excluding hydrogens is 462 g/mol. The summed E-state index contributed by atoms with van der Waals surface area (Å²) in [5, 5.41) is 3.60. The molecule has 184 valence electrons. The second kappa shape index (κ2) is 10.6. The maximum Gasteiger partial charge on any atom is 0.246 e. The van der Waals surface area contributed by atoms with E-state index in [9.17, 15) is 9.59 Å². The molecule has 0 bridgehead atoms. The maximum absolute atomic E-state index is 13.1. The molecule has 2 amide bonds. The maximum atomic E-state index is 13.1. The van der Waals surface area contributed by atoms with Crippen LogP contribution >= 0.6 is 11.6 Å². The van der Waals surface area contributed by atoms with Crippen LogP contribution < -0.4 is 5.32 Å². The van der Waals surface area contributed by atoms with E-state index in [0.29, 0.717) is 29.8 Å². The standard InChI is InChI=1S/C27H32ClN5O2/c1-18-5-12-23(15-19(18)2)33-16-24(20-8-10-22(28)11-9-20)29-27(33)30-25(34)17-32(14-13-31(3)4)26(35)21-6-7-21/h5,8-12,15-16,21H,6-7,13-14,17H2,1-4H3,(H,29,30,34). The zero-order chi connectivity index (χ0) is 25.1. The summed E-state index contributed by atoms with van der Waals surface area (Å²) in [5.74, 6) is 0.256. The first-order valence-corrected chi connectivity index (χ1v) is 12.3. The first kappa shape index (κ1) is 24.9. The molecule has 2 aromatic carbocycles. The monoisotopic (exact) mass is 493 g/mol. The van der Waals surface area contributed by atoms with Crippen molar-refractivity contribution < 1.29 is 9.59 Å². The number of hydrogen-bond donors (Lipinski definition) is 1. The Kier molecular flexibility index (Phi) is 7.57. The number of likely N-dealkylation sites (N-methyl/N-ethyl adjacent to an activating group) is 1. The van der Waals surface area contributed by atoms with Crippen molar-refractivity contribution >= 4 is 29.4 Å². The van der Waals surface area contributed by atoms with E-state index in [1.807, 2.05) is 60.1 Å². The number of carbonyl (C=O) groups is 2. The molecule has 7 nitrogen and oxygen atoms in total. The molecule has 4 rings (SSSR count). The Morgan fingerprint density at radius 1 is 1.06 bits per heavy atom. The highest BCUT2D eigenvalue weighted by molar-refractivity contribution is 6.30. The number of benzene rings is 2. The van der Waals surface area contributed by atoms with Gasteiger partial charge in [0.2, 0.25) is 17.8 Å². The Balaban J connectivity index is 1.61. The minimum Gasteiger partial charge on any atom is -0.332 e. The lowest BCUT2D eigenvalue weighted by atomic mass is 10.1. The van der Waals surface area contributed by atoms with Gasteiger partial charge in [-0.05, 0) is 76.2 Å². The highest BCUT2D eigenvalue weighted by Crippen LogP contribution is 2.31. The summed E-state index contributed by atoms with van der Waals surface area (Å²) >= 11 is 6.06. The van der Waals surface area contributed by atoms with E-state index in [0.717, 1.165) is 29.7 Å². The fourth-order valence-corrected chi connectivity index (χ4v) is 3.94. The molecule has 1 N–H and O–H groups in total. The Morgan fingerprint density at radius 2 is 1.77 bits per heavy atom. The van der Waals surface area contributed by atoms with E-state index >= 15 is 0 Å². The minimum absolute atomic E-state index is 0.000757. The van der Waals surface area contributed by atoms with Crippen LogP contribution in [0.2, 0.25) is 5.02 Å². The van der Waals surface area contributed by atoms with Crippen molar-refractivity contribution in [3.63, 3.8) is 0 Å². The molecule has 1 heterocycles. The molecule has 1 aromatic heterocycles. The van der Waals surface area contributed by atoms with Crippen molar-refractivity contribution in [2.75, 3.05) is 39.0 Å². The topological polar surface area (TPSA) is 70.5 Å². The molecular formula is C27H32ClN5O2. The second-order valence-corrected chi connectivity index (χ2v) is 9.92. The SMILES string of the molecule is Cc1ccc(-n2cc(-c3ccc(Cl)cc3)nc2NC(=O)CN(CCN(C)C)C(=O)C2CC2)cc1C. The summed E-state index contributed by atoms with van der Waals surface area (Å²) in [4.78, 5) is 34.3. The quantitative estimate of drug-likeness (QED) is 0.475. The first-order valence-electron chi connectivity index (χ1n) is 11.9. The third kappa shape index (κ3) is 6.29. The van der Waals surface area contributed by atoms with Gasteiger partial charge in [-0.15, -0.1) is 0 Å². The summed E-state index contributed by atoms with van der Waals surface area (Å²) in [6.07, 6.45) is 3.71. The average molecular weight is 494 g/mol. The predicted octanol–water partition coefficient (Wildman–Crippen LogP) is 4.55. The molecule has 1 aliphatic carbocycles. The van der Waals surface area contributed by atoms with Crippen LogP contribution in [0.1, 0.15) is 24.0 Å². The summed E-state index contributed by atoms with van der Waals surface area (Å²) in [6.45, 7) is 5.33. The highest BCUT2D eigenvalue weighted by Gasteiger charge is 2.34. The van der Waals surface area contributed by atoms with E-state index in [4.69, 9.17) is 16.6 Å². The van der Waals surface area contributed by atoms with Gasteiger partial charge in [0.1, 0.15) is 0 Å². The van der Waals surface area contributed by atoms with E-state index in [1.165, 1.54) is 5.56 Å². The Bertz CT molecular complexity index is 1210. The number of carbonyl (C=O) groups excluding carboxylic acids is 2. The van der Waals surface area contributed by atoms with E-state index < -0.39 is 0 Å². The zero-order valence-corrected chi connectivity index (χ0v) is 21.5. The number of imidazole rings is 1. The van der Waals surface area contributed by atoms with Gasteiger partial charge in [-0.2, -0.15) is 0 Å².